The molecule has 3 heterocycles. The molecule has 2 aliphatic rings. The van der Waals surface area contributed by atoms with Gasteiger partial charge < -0.3 is 4.90 Å². The summed E-state index contributed by atoms with van der Waals surface area (Å²) in [7, 11) is 0. The van der Waals surface area contributed by atoms with Crippen molar-refractivity contribution in [2.45, 2.75) is 26.7 Å². The maximum atomic E-state index is 11.9. The van der Waals surface area contributed by atoms with Crippen LogP contribution in [0.3, 0.4) is 0 Å². The van der Waals surface area contributed by atoms with Gasteiger partial charge in [-0.25, -0.2) is 9.97 Å². The highest BCUT2D eigenvalue weighted by atomic mass is 16.2. The maximum absolute atomic E-state index is 11.9. The van der Waals surface area contributed by atoms with Crippen LogP contribution in [0.4, 0.5) is 5.82 Å². The van der Waals surface area contributed by atoms with Crippen LogP contribution in [0.5, 0.6) is 0 Å². The highest BCUT2D eigenvalue weighted by Crippen LogP contribution is 2.39. The molecule has 0 aliphatic carbocycles. The fourth-order valence-electron chi connectivity index (χ4n) is 2.92. The molecule has 100 valence electrons. The lowest BCUT2D eigenvalue weighted by molar-refractivity contribution is -0.127. The molecular weight excluding hydrogens is 244 g/mol. The van der Waals surface area contributed by atoms with Gasteiger partial charge in [0.25, 0.3) is 0 Å². The molecule has 1 unspecified atom stereocenters. The molecule has 0 aromatic carbocycles. The lowest BCUT2D eigenvalue weighted by atomic mass is 9.85. The third-order valence-corrected chi connectivity index (χ3v) is 4.20. The maximum Gasteiger partial charge on any atom is 0.235 e. The van der Waals surface area contributed by atoms with E-state index in [0.717, 1.165) is 23.6 Å². The molecule has 2 saturated heterocycles. The Kier molecular flexibility index (Phi) is 2.55. The smallest absolute Gasteiger partial charge is 0.235 e. The second-order valence-electron chi connectivity index (χ2n) is 5.41. The van der Waals surface area contributed by atoms with Gasteiger partial charge in [-0.05, 0) is 20.3 Å². The van der Waals surface area contributed by atoms with Gasteiger partial charge in [0.1, 0.15) is 12.1 Å². The van der Waals surface area contributed by atoms with E-state index in [-0.39, 0.29) is 11.8 Å². The van der Waals surface area contributed by atoms with Crippen molar-refractivity contribution in [2.75, 3.05) is 18.0 Å². The second-order valence-corrected chi connectivity index (χ2v) is 5.41. The molecule has 19 heavy (non-hydrogen) atoms. The van der Waals surface area contributed by atoms with Crippen molar-refractivity contribution in [1.29, 1.82) is 0 Å². The number of rotatable bonds is 1. The van der Waals surface area contributed by atoms with E-state index < -0.39 is 5.41 Å². The Hall–Kier alpha value is -1.98. The van der Waals surface area contributed by atoms with Crippen molar-refractivity contribution in [3.8, 4) is 0 Å². The SMILES string of the molecule is Cc1ncnc(N2CCC3(CC(=O)NC3=O)C2)c1C. The molecule has 1 N–H and O–H groups in total. The van der Waals surface area contributed by atoms with Crippen molar-refractivity contribution in [2.24, 2.45) is 5.41 Å². The van der Waals surface area contributed by atoms with Crippen LogP contribution in [0, 0.1) is 19.3 Å². The molecule has 3 rings (SSSR count). The zero-order valence-corrected chi connectivity index (χ0v) is 11.1. The van der Waals surface area contributed by atoms with Crippen LogP contribution >= 0.6 is 0 Å². The van der Waals surface area contributed by atoms with E-state index in [9.17, 15) is 9.59 Å². The molecule has 1 aromatic heterocycles. The first kappa shape index (κ1) is 12.1. The van der Waals surface area contributed by atoms with Crippen LogP contribution in [0.25, 0.3) is 0 Å². The van der Waals surface area contributed by atoms with Gasteiger partial charge in [0.05, 0.1) is 5.41 Å². The lowest BCUT2D eigenvalue weighted by Gasteiger charge is -2.22. The van der Waals surface area contributed by atoms with Gasteiger partial charge in [-0.3, -0.25) is 14.9 Å². The number of carbonyl (C=O) groups excluding carboxylic acids is 2. The predicted octanol–water partition coefficient (Wildman–Crippen LogP) is 0.336. The summed E-state index contributed by atoms with van der Waals surface area (Å²) in [4.78, 5) is 33.9. The number of imide groups is 1. The highest BCUT2D eigenvalue weighted by Gasteiger charge is 2.51. The van der Waals surface area contributed by atoms with E-state index in [1.165, 1.54) is 0 Å². The van der Waals surface area contributed by atoms with Crippen molar-refractivity contribution in [3.63, 3.8) is 0 Å². The predicted molar refractivity (Wildman–Crippen MR) is 68.5 cm³/mol. The number of anilines is 1. The van der Waals surface area contributed by atoms with Gasteiger partial charge in [-0.1, -0.05) is 0 Å². The summed E-state index contributed by atoms with van der Waals surface area (Å²) in [6.45, 7) is 5.23. The molecule has 6 nitrogen and oxygen atoms in total. The molecule has 2 amide bonds. The monoisotopic (exact) mass is 260 g/mol. The van der Waals surface area contributed by atoms with Gasteiger partial charge in [-0.15, -0.1) is 0 Å². The average molecular weight is 260 g/mol. The first-order valence-corrected chi connectivity index (χ1v) is 6.39. The Morgan fingerprint density at radius 3 is 2.79 bits per heavy atom. The molecule has 0 radical (unpaired) electrons. The quantitative estimate of drug-likeness (QED) is 0.737. The topological polar surface area (TPSA) is 75.2 Å². The summed E-state index contributed by atoms with van der Waals surface area (Å²) < 4.78 is 0. The fraction of sp³-hybridized carbons (Fsp3) is 0.538. The van der Waals surface area contributed by atoms with Crippen molar-refractivity contribution >= 4 is 17.6 Å². The van der Waals surface area contributed by atoms with Crippen molar-refractivity contribution in [3.05, 3.63) is 17.6 Å². The van der Waals surface area contributed by atoms with Gasteiger partial charge in [0.15, 0.2) is 0 Å². The van der Waals surface area contributed by atoms with E-state index in [0.29, 0.717) is 19.4 Å². The van der Waals surface area contributed by atoms with E-state index in [2.05, 4.69) is 20.2 Å². The fourth-order valence-corrected chi connectivity index (χ4v) is 2.92. The molecule has 2 aliphatic heterocycles. The van der Waals surface area contributed by atoms with E-state index in [4.69, 9.17) is 0 Å². The van der Waals surface area contributed by atoms with Crippen molar-refractivity contribution < 1.29 is 9.59 Å². The Morgan fingerprint density at radius 1 is 1.32 bits per heavy atom. The van der Waals surface area contributed by atoms with E-state index in [1.807, 2.05) is 13.8 Å². The summed E-state index contributed by atoms with van der Waals surface area (Å²) in [5.41, 5.74) is 1.42. The number of aryl methyl sites for hydroxylation is 1. The first-order chi connectivity index (χ1) is 9.02. The Morgan fingerprint density at radius 2 is 2.11 bits per heavy atom. The second kappa shape index (κ2) is 4.01. The number of nitrogens with zero attached hydrogens (tertiary/aromatic N) is 3. The van der Waals surface area contributed by atoms with Gasteiger partial charge in [0, 0.05) is 30.8 Å². The minimum absolute atomic E-state index is 0.136. The number of aromatic nitrogens is 2. The van der Waals surface area contributed by atoms with Gasteiger partial charge in [-0.2, -0.15) is 0 Å². The molecular formula is C13H16N4O2. The highest BCUT2D eigenvalue weighted by molar-refractivity contribution is 6.06. The number of amides is 2. The van der Waals surface area contributed by atoms with Crippen LogP contribution < -0.4 is 10.2 Å². The normalized spacial score (nSPS) is 26.3. The molecule has 1 aromatic rings. The summed E-state index contributed by atoms with van der Waals surface area (Å²) in [6, 6.07) is 0. The first-order valence-electron chi connectivity index (χ1n) is 6.39. The molecule has 2 fully saturated rings. The van der Waals surface area contributed by atoms with E-state index >= 15 is 0 Å². The summed E-state index contributed by atoms with van der Waals surface area (Å²) >= 11 is 0. The minimum atomic E-state index is -0.553. The minimum Gasteiger partial charge on any atom is -0.355 e. The number of hydrogen-bond acceptors (Lipinski definition) is 5. The van der Waals surface area contributed by atoms with Gasteiger partial charge in [0.2, 0.25) is 11.8 Å². The Balaban J connectivity index is 1.89. The summed E-state index contributed by atoms with van der Waals surface area (Å²) in [5.74, 6) is 0.572. The standard InChI is InChI=1S/C13H16N4O2/c1-8-9(2)14-7-15-11(8)17-4-3-13(6-17)5-10(18)16-12(13)19/h7H,3-6H2,1-2H3,(H,16,18,19). The summed E-state index contributed by atoms with van der Waals surface area (Å²) in [6.07, 6.45) is 2.54. The van der Waals surface area contributed by atoms with Crippen LogP contribution in [0.1, 0.15) is 24.1 Å². The molecule has 0 bridgehead atoms. The van der Waals surface area contributed by atoms with E-state index in [1.54, 1.807) is 6.33 Å². The van der Waals surface area contributed by atoms with Crippen LogP contribution in [0.15, 0.2) is 6.33 Å². The number of carbonyl (C=O) groups is 2. The molecule has 0 saturated carbocycles. The number of hydrogen-bond donors (Lipinski definition) is 1. The van der Waals surface area contributed by atoms with Crippen molar-refractivity contribution in [1.82, 2.24) is 15.3 Å². The third-order valence-electron chi connectivity index (χ3n) is 4.20. The Bertz CT molecular complexity index is 572. The molecule has 1 spiro atoms. The average Bonchev–Trinajstić information content (AvgIpc) is 2.88. The summed E-state index contributed by atoms with van der Waals surface area (Å²) in [5, 5.41) is 2.41. The molecule has 1 atom stereocenters. The zero-order chi connectivity index (χ0) is 13.6. The largest absolute Gasteiger partial charge is 0.355 e. The third kappa shape index (κ3) is 1.78. The van der Waals surface area contributed by atoms with Crippen LogP contribution in [-0.4, -0.2) is 34.9 Å². The van der Waals surface area contributed by atoms with Crippen LogP contribution in [0.2, 0.25) is 0 Å². The number of nitrogens with one attached hydrogen (secondary N) is 1. The molecule has 6 heteroatoms. The van der Waals surface area contributed by atoms with Crippen LogP contribution in [-0.2, 0) is 9.59 Å². The zero-order valence-electron chi connectivity index (χ0n) is 11.1. The Labute approximate surface area is 111 Å². The lowest BCUT2D eigenvalue weighted by Crippen LogP contribution is -2.35. The van der Waals surface area contributed by atoms with Gasteiger partial charge >= 0.3 is 0 Å².